The van der Waals surface area contributed by atoms with E-state index in [4.69, 9.17) is 9.88 Å². The number of nitrogens with one attached hydrogen (secondary N) is 2. The van der Waals surface area contributed by atoms with E-state index < -0.39 is 27.2 Å². The molecule has 0 fully saturated rings. The molecule has 0 aliphatic heterocycles. The predicted molar refractivity (Wildman–Crippen MR) is 105 cm³/mol. The number of primary sulfonamides is 1. The number of carbonyl (C=O) groups is 1. The topological polar surface area (TPSA) is 153 Å². The Kier molecular flexibility index (Phi) is 5.35. The van der Waals surface area contributed by atoms with Gasteiger partial charge in [0, 0.05) is 18.0 Å². The number of benzene rings is 2. The molecular formula is C18H16N4O6S. The summed E-state index contributed by atoms with van der Waals surface area (Å²) in [6.45, 7) is 0. The van der Waals surface area contributed by atoms with Crippen LogP contribution in [0.2, 0.25) is 0 Å². The fraction of sp³-hybridized carbons (Fsp3) is 0.0556. The third-order valence-corrected chi connectivity index (χ3v) is 4.90. The maximum Gasteiger partial charge on any atom is 0.333 e. The number of ether oxygens (including phenoxy) is 1. The number of amides is 1. The molecule has 0 bridgehead atoms. The van der Waals surface area contributed by atoms with Gasteiger partial charge in [0.1, 0.15) is 11.3 Å². The van der Waals surface area contributed by atoms with Crippen LogP contribution in [0.15, 0.2) is 69.2 Å². The van der Waals surface area contributed by atoms with Gasteiger partial charge in [-0.2, -0.15) is 0 Å². The zero-order valence-electron chi connectivity index (χ0n) is 15.1. The number of carbonyl (C=O) groups excluding carboxylic acids is 1. The van der Waals surface area contributed by atoms with E-state index in [1.54, 1.807) is 12.1 Å². The summed E-state index contributed by atoms with van der Waals surface area (Å²) in [6, 6.07) is 11.3. The minimum absolute atomic E-state index is 0.125. The fourth-order valence-corrected chi connectivity index (χ4v) is 3.06. The van der Waals surface area contributed by atoms with Crippen molar-refractivity contribution in [2.45, 2.75) is 4.90 Å². The molecule has 0 aliphatic carbocycles. The number of hydrogen-bond donors (Lipinski definition) is 3. The summed E-state index contributed by atoms with van der Waals surface area (Å²) in [5.74, 6) is -0.357. The molecule has 150 valence electrons. The molecule has 0 spiro atoms. The second-order valence-corrected chi connectivity index (χ2v) is 7.43. The highest BCUT2D eigenvalue weighted by Crippen LogP contribution is 2.15. The zero-order valence-corrected chi connectivity index (χ0v) is 15.9. The maximum absolute atomic E-state index is 12.8. The Morgan fingerprint density at radius 3 is 2.45 bits per heavy atom. The second-order valence-electron chi connectivity index (χ2n) is 5.87. The van der Waals surface area contributed by atoms with Crippen LogP contribution in [0.3, 0.4) is 0 Å². The summed E-state index contributed by atoms with van der Waals surface area (Å²) in [5.41, 5.74) is -1.41. The molecule has 11 heteroatoms. The number of methoxy groups -OCH3 is 1. The SMILES string of the molecule is COc1cccc(-n2c(=O)[nH]cc(C(=O)Nc3ccc(S(N)(=O)=O)cc3)c2=O)c1. The Morgan fingerprint density at radius 1 is 1.14 bits per heavy atom. The van der Waals surface area contributed by atoms with Crippen molar-refractivity contribution in [3.05, 3.63) is 81.1 Å². The Hall–Kier alpha value is -3.70. The third-order valence-electron chi connectivity index (χ3n) is 3.97. The lowest BCUT2D eigenvalue weighted by Crippen LogP contribution is -2.38. The smallest absolute Gasteiger partial charge is 0.333 e. The van der Waals surface area contributed by atoms with Crippen molar-refractivity contribution in [3.8, 4) is 11.4 Å². The van der Waals surface area contributed by atoms with Crippen LogP contribution in [0.4, 0.5) is 5.69 Å². The maximum atomic E-state index is 12.8. The molecule has 3 aromatic rings. The van der Waals surface area contributed by atoms with Crippen LogP contribution >= 0.6 is 0 Å². The Bertz CT molecular complexity index is 1290. The summed E-state index contributed by atoms with van der Waals surface area (Å²) >= 11 is 0. The molecule has 0 aliphatic rings. The zero-order chi connectivity index (χ0) is 21.2. The largest absolute Gasteiger partial charge is 0.497 e. The van der Waals surface area contributed by atoms with Crippen molar-refractivity contribution in [3.63, 3.8) is 0 Å². The molecule has 10 nitrogen and oxygen atoms in total. The molecule has 0 saturated carbocycles. The average Bonchev–Trinajstić information content (AvgIpc) is 2.68. The molecule has 1 amide bonds. The highest BCUT2D eigenvalue weighted by atomic mass is 32.2. The molecule has 29 heavy (non-hydrogen) atoms. The normalized spacial score (nSPS) is 11.1. The first kappa shape index (κ1) is 20.0. The number of rotatable bonds is 5. The van der Waals surface area contributed by atoms with E-state index in [1.165, 1.54) is 43.5 Å². The van der Waals surface area contributed by atoms with Crippen LogP contribution in [-0.2, 0) is 10.0 Å². The number of nitrogens with zero attached hydrogens (tertiary/aromatic N) is 1. The molecule has 3 rings (SSSR count). The molecule has 2 aromatic carbocycles. The van der Waals surface area contributed by atoms with Gasteiger partial charge >= 0.3 is 5.69 Å². The molecule has 1 heterocycles. The number of aromatic nitrogens is 2. The molecule has 0 radical (unpaired) electrons. The summed E-state index contributed by atoms with van der Waals surface area (Å²) in [5, 5.41) is 7.49. The minimum atomic E-state index is -3.87. The first-order chi connectivity index (χ1) is 13.7. The summed E-state index contributed by atoms with van der Waals surface area (Å²) in [4.78, 5) is 39.7. The molecular weight excluding hydrogens is 400 g/mol. The van der Waals surface area contributed by atoms with Gasteiger partial charge in [-0.3, -0.25) is 9.59 Å². The van der Waals surface area contributed by atoms with Gasteiger partial charge in [0.25, 0.3) is 11.5 Å². The van der Waals surface area contributed by atoms with Crippen LogP contribution in [0.5, 0.6) is 5.75 Å². The van der Waals surface area contributed by atoms with E-state index in [0.29, 0.717) is 5.75 Å². The van der Waals surface area contributed by atoms with Crippen LogP contribution in [0, 0.1) is 0 Å². The Morgan fingerprint density at radius 2 is 1.83 bits per heavy atom. The average molecular weight is 416 g/mol. The van der Waals surface area contributed by atoms with Crippen molar-refractivity contribution in [1.29, 1.82) is 0 Å². The lowest BCUT2D eigenvalue weighted by molar-refractivity contribution is 0.102. The van der Waals surface area contributed by atoms with Gasteiger partial charge in [0.15, 0.2) is 0 Å². The van der Waals surface area contributed by atoms with Crippen LogP contribution in [-0.4, -0.2) is 31.0 Å². The number of hydrogen-bond acceptors (Lipinski definition) is 6. The van der Waals surface area contributed by atoms with Gasteiger partial charge in [-0.1, -0.05) is 6.07 Å². The monoisotopic (exact) mass is 416 g/mol. The van der Waals surface area contributed by atoms with E-state index in [-0.39, 0.29) is 21.8 Å². The lowest BCUT2D eigenvalue weighted by Gasteiger charge is -2.09. The van der Waals surface area contributed by atoms with Gasteiger partial charge < -0.3 is 15.0 Å². The van der Waals surface area contributed by atoms with Crippen molar-refractivity contribution in [2.24, 2.45) is 5.14 Å². The molecule has 1 aromatic heterocycles. The highest BCUT2D eigenvalue weighted by molar-refractivity contribution is 7.89. The predicted octanol–water partition coefficient (Wildman–Crippen LogP) is 0.434. The number of H-pyrrole nitrogens is 1. The Labute approximate surface area is 164 Å². The van der Waals surface area contributed by atoms with Crippen LogP contribution < -0.4 is 26.4 Å². The number of anilines is 1. The van der Waals surface area contributed by atoms with E-state index in [9.17, 15) is 22.8 Å². The molecule has 4 N–H and O–H groups in total. The first-order valence-corrected chi connectivity index (χ1v) is 9.69. The van der Waals surface area contributed by atoms with E-state index >= 15 is 0 Å². The van der Waals surface area contributed by atoms with Crippen molar-refractivity contribution < 1.29 is 17.9 Å². The molecule has 0 saturated heterocycles. The van der Waals surface area contributed by atoms with Gasteiger partial charge in [-0.25, -0.2) is 22.9 Å². The lowest BCUT2D eigenvalue weighted by atomic mass is 10.2. The summed E-state index contributed by atoms with van der Waals surface area (Å²) in [6.07, 6.45) is 1.01. The van der Waals surface area contributed by atoms with Gasteiger partial charge in [-0.05, 0) is 36.4 Å². The number of sulfonamides is 1. The Balaban J connectivity index is 1.96. The van der Waals surface area contributed by atoms with Crippen molar-refractivity contribution >= 4 is 21.6 Å². The van der Waals surface area contributed by atoms with Gasteiger partial charge in [0.05, 0.1) is 17.7 Å². The minimum Gasteiger partial charge on any atom is -0.497 e. The van der Waals surface area contributed by atoms with Crippen LogP contribution in [0.1, 0.15) is 10.4 Å². The second kappa shape index (κ2) is 7.73. The number of nitrogens with two attached hydrogens (primary N) is 1. The number of aromatic amines is 1. The third kappa shape index (κ3) is 4.25. The van der Waals surface area contributed by atoms with Crippen LogP contribution in [0.25, 0.3) is 5.69 Å². The quantitative estimate of drug-likeness (QED) is 0.548. The first-order valence-electron chi connectivity index (χ1n) is 8.14. The summed E-state index contributed by atoms with van der Waals surface area (Å²) < 4.78 is 28.5. The van der Waals surface area contributed by atoms with E-state index in [2.05, 4.69) is 10.3 Å². The molecule has 0 atom stereocenters. The van der Waals surface area contributed by atoms with Gasteiger partial charge in [-0.15, -0.1) is 0 Å². The van der Waals surface area contributed by atoms with E-state index in [1.807, 2.05) is 0 Å². The highest BCUT2D eigenvalue weighted by Gasteiger charge is 2.17. The standard InChI is InChI=1S/C18H16N4O6S/c1-28-13-4-2-3-12(9-13)22-17(24)15(10-20-18(22)25)16(23)21-11-5-7-14(8-6-11)29(19,26)27/h2-10H,1H3,(H,20,25)(H,21,23)(H2,19,26,27). The van der Waals surface area contributed by atoms with Gasteiger partial charge in [0.2, 0.25) is 10.0 Å². The fourth-order valence-electron chi connectivity index (χ4n) is 2.55. The van der Waals surface area contributed by atoms with Crippen molar-refractivity contribution in [2.75, 3.05) is 12.4 Å². The van der Waals surface area contributed by atoms with E-state index in [0.717, 1.165) is 10.8 Å². The van der Waals surface area contributed by atoms with Crippen molar-refractivity contribution in [1.82, 2.24) is 9.55 Å². The molecule has 0 unspecified atom stereocenters. The summed E-state index contributed by atoms with van der Waals surface area (Å²) in [7, 11) is -2.43.